The summed E-state index contributed by atoms with van der Waals surface area (Å²) in [6.07, 6.45) is 1.87. The largest absolute Gasteiger partial charge is 0.493 e. The summed E-state index contributed by atoms with van der Waals surface area (Å²) in [5.41, 5.74) is 2.90. The number of nitrogens with zero attached hydrogens (tertiary/aromatic N) is 1. The second kappa shape index (κ2) is 8.08. The van der Waals surface area contributed by atoms with Crippen LogP contribution in [0.5, 0.6) is 17.2 Å². The Morgan fingerprint density at radius 3 is 2.43 bits per heavy atom. The van der Waals surface area contributed by atoms with E-state index in [1.165, 1.54) is 11.3 Å². The smallest absolute Gasteiger partial charge is 0.275 e. The predicted octanol–water partition coefficient (Wildman–Crippen LogP) is 4.88. The zero-order valence-electron chi connectivity index (χ0n) is 17.0. The lowest BCUT2D eigenvalue weighted by molar-refractivity contribution is 0.102. The summed E-state index contributed by atoms with van der Waals surface area (Å²) in [4.78, 5) is 21.4. The normalized spacial score (nSPS) is 10.8. The molecule has 2 aromatic heterocycles. The van der Waals surface area contributed by atoms with Gasteiger partial charge in [-0.1, -0.05) is 0 Å². The van der Waals surface area contributed by atoms with E-state index in [1.807, 2.05) is 49.5 Å². The summed E-state index contributed by atoms with van der Waals surface area (Å²) in [6, 6.07) is 11.3. The molecule has 0 bridgehead atoms. The molecule has 0 saturated heterocycles. The van der Waals surface area contributed by atoms with Crippen LogP contribution in [0.2, 0.25) is 0 Å². The SMILES string of the molecule is COc1cc(-c2nc(C(=O)Nc3ccc4[nH]ccc4c3)c(C)s2)cc(OC)c1OC. The molecule has 30 heavy (non-hydrogen) atoms. The van der Waals surface area contributed by atoms with Gasteiger partial charge in [0.1, 0.15) is 10.7 Å². The molecule has 4 aromatic rings. The average Bonchev–Trinajstić information content (AvgIpc) is 3.38. The average molecular weight is 423 g/mol. The highest BCUT2D eigenvalue weighted by atomic mass is 32.1. The van der Waals surface area contributed by atoms with Crippen LogP contribution in [-0.2, 0) is 0 Å². The Labute approximate surface area is 177 Å². The van der Waals surface area contributed by atoms with E-state index in [9.17, 15) is 4.79 Å². The van der Waals surface area contributed by atoms with Crippen molar-refractivity contribution in [3.8, 4) is 27.8 Å². The third-order valence-corrected chi connectivity index (χ3v) is 5.75. The summed E-state index contributed by atoms with van der Waals surface area (Å²) in [5, 5.41) is 4.65. The Morgan fingerprint density at radius 1 is 1.03 bits per heavy atom. The number of carbonyl (C=O) groups is 1. The number of methoxy groups -OCH3 is 3. The first kappa shape index (κ1) is 19.8. The highest BCUT2D eigenvalue weighted by molar-refractivity contribution is 7.15. The Bertz CT molecular complexity index is 1200. The fraction of sp³-hybridized carbons (Fsp3) is 0.182. The molecule has 0 radical (unpaired) electrons. The fourth-order valence-electron chi connectivity index (χ4n) is 3.26. The van der Waals surface area contributed by atoms with Gasteiger partial charge in [-0.25, -0.2) is 4.98 Å². The Morgan fingerprint density at radius 2 is 1.77 bits per heavy atom. The first-order chi connectivity index (χ1) is 14.5. The van der Waals surface area contributed by atoms with Gasteiger partial charge in [0.05, 0.1) is 21.3 Å². The Balaban J connectivity index is 1.65. The van der Waals surface area contributed by atoms with Crippen molar-refractivity contribution >= 4 is 33.8 Å². The minimum absolute atomic E-state index is 0.252. The summed E-state index contributed by atoms with van der Waals surface area (Å²) in [6.45, 7) is 1.88. The zero-order chi connectivity index (χ0) is 21.3. The predicted molar refractivity (Wildman–Crippen MR) is 118 cm³/mol. The summed E-state index contributed by atoms with van der Waals surface area (Å²) >= 11 is 1.43. The second-order valence-electron chi connectivity index (χ2n) is 6.57. The lowest BCUT2D eigenvalue weighted by Gasteiger charge is -2.13. The number of aryl methyl sites for hydroxylation is 1. The van der Waals surface area contributed by atoms with E-state index in [0.29, 0.717) is 33.6 Å². The van der Waals surface area contributed by atoms with Gasteiger partial charge in [-0.2, -0.15) is 0 Å². The number of ether oxygens (including phenoxy) is 3. The van der Waals surface area contributed by atoms with E-state index in [0.717, 1.165) is 21.3 Å². The molecular formula is C22H21N3O4S. The van der Waals surface area contributed by atoms with Crippen LogP contribution >= 0.6 is 11.3 Å². The van der Waals surface area contributed by atoms with Crippen LogP contribution in [0, 0.1) is 6.92 Å². The Hall–Kier alpha value is -3.52. The number of H-pyrrole nitrogens is 1. The number of anilines is 1. The molecule has 0 fully saturated rings. The van der Waals surface area contributed by atoms with E-state index < -0.39 is 0 Å². The maximum atomic E-state index is 12.9. The van der Waals surface area contributed by atoms with Crippen LogP contribution in [0.4, 0.5) is 5.69 Å². The molecule has 2 N–H and O–H groups in total. The maximum Gasteiger partial charge on any atom is 0.275 e. The van der Waals surface area contributed by atoms with E-state index in [1.54, 1.807) is 21.3 Å². The highest BCUT2D eigenvalue weighted by Crippen LogP contribution is 2.42. The van der Waals surface area contributed by atoms with Gasteiger partial charge in [-0.15, -0.1) is 11.3 Å². The molecule has 1 amide bonds. The fourth-order valence-corrected chi connectivity index (χ4v) is 4.15. The van der Waals surface area contributed by atoms with Crippen LogP contribution in [0.1, 0.15) is 15.4 Å². The minimum Gasteiger partial charge on any atom is -0.493 e. The lowest BCUT2D eigenvalue weighted by Crippen LogP contribution is -2.13. The second-order valence-corrected chi connectivity index (χ2v) is 7.77. The van der Waals surface area contributed by atoms with Gasteiger partial charge >= 0.3 is 0 Å². The number of amides is 1. The number of carbonyl (C=O) groups excluding carboxylic acids is 1. The van der Waals surface area contributed by atoms with Crippen LogP contribution < -0.4 is 19.5 Å². The van der Waals surface area contributed by atoms with Gasteiger partial charge in [-0.3, -0.25) is 4.79 Å². The van der Waals surface area contributed by atoms with Crippen molar-refractivity contribution < 1.29 is 19.0 Å². The van der Waals surface area contributed by atoms with Crippen LogP contribution in [0.3, 0.4) is 0 Å². The summed E-state index contributed by atoms with van der Waals surface area (Å²) < 4.78 is 16.2. The van der Waals surface area contributed by atoms with Gasteiger partial charge in [0.15, 0.2) is 11.5 Å². The molecule has 8 heteroatoms. The number of hydrogen-bond acceptors (Lipinski definition) is 6. The van der Waals surface area contributed by atoms with Crippen molar-refractivity contribution in [2.75, 3.05) is 26.6 Å². The van der Waals surface area contributed by atoms with Crippen LogP contribution in [0.15, 0.2) is 42.6 Å². The number of nitrogens with one attached hydrogen (secondary N) is 2. The quantitative estimate of drug-likeness (QED) is 0.462. The van der Waals surface area contributed by atoms with Gasteiger partial charge in [0, 0.05) is 33.2 Å². The van der Waals surface area contributed by atoms with Crippen molar-refractivity contribution in [2.45, 2.75) is 6.92 Å². The minimum atomic E-state index is -0.252. The van der Waals surface area contributed by atoms with Crippen LogP contribution in [-0.4, -0.2) is 37.2 Å². The van der Waals surface area contributed by atoms with Crippen LogP contribution in [0.25, 0.3) is 21.5 Å². The standard InChI is InChI=1S/C22H21N3O4S/c1-12-19(21(26)24-15-5-6-16-13(9-15)7-8-23-16)25-22(30-12)14-10-17(27-2)20(29-4)18(11-14)28-3/h5-11,23H,1-4H3,(H,24,26). The monoisotopic (exact) mass is 423 g/mol. The molecule has 4 rings (SSSR count). The zero-order valence-corrected chi connectivity index (χ0v) is 17.8. The van der Waals surface area contributed by atoms with E-state index >= 15 is 0 Å². The highest BCUT2D eigenvalue weighted by Gasteiger charge is 2.20. The number of thiazole rings is 1. The van der Waals surface area contributed by atoms with Crippen molar-refractivity contribution in [1.29, 1.82) is 0 Å². The number of hydrogen-bond donors (Lipinski definition) is 2. The Kier molecular flexibility index (Phi) is 5.33. The molecular weight excluding hydrogens is 402 g/mol. The van der Waals surface area contributed by atoms with Gasteiger partial charge in [-0.05, 0) is 43.3 Å². The molecule has 0 aliphatic carbocycles. The van der Waals surface area contributed by atoms with Gasteiger partial charge < -0.3 is 24.5 Å². The number of fused-ring (bicyclic) bond motifs is 1. The number of aromatic amines is 1. The molecule has 0 aliphatic heterocycles. The number of rotatable bonds is 6. The number of aromatic nitrogens is 2. The summed E-state index contributed by atoms with van der Waals surface area (Å²) in [7, 11) is 4.68. The lowest BCUT2D eigenvalue weighted by atomic mass is 10.2. The molecule has 0 saturated carbocycles. The first-order valence-corrected chi connectivity index (χ1v) is 10.0. The molecule has 0 unspecified atom stereocenters. The molecule has 0 aliphatic rings. The molecule has 2 heterocycles. The topological polar surface area (TPSA) is 85.5 Å². The molecule has 0 spiro atoms. The number of benzene rings is 2. The third-order valence-electron chi connectivity index (χ3n) is 4.73. The van der Waals surface area contributed by atoms with Crippen molar-refractivity contribution in [3.63, 3.8) is 0 Å². The van der Waals surface area contributed by atoms with E-state index in [4.69, 9.17) is 14.2 Å². The van der Waals surface area contributed by atoms with Gasteiger partial charge in [0.25, 0.3) is 5.91 Å². The molecule has 0 atom stereocenters. The van der Waals surface area contributed by atoms with E-state index in [2.05, 4.69) is 15.3 Å². The van der Waals surface area contributed by atoms with Crippen molar-refractivity contribution in [3.05, 3.63) is 53.2 Å². The van der Waals surface area contributed by atoms with Crippen molar-refractivity contribution in [1.82, 2.24) is 9.97 Å². The van der Waals surface area contributed by atoms with Gasteiger partial charge in [0.2, 0.25) is 5.75 Å². The van der Waals surface area contributed by atoms with E-state index in [-0.39, 0.29) is 5.91 Å². The van der Waals surface area contributed by atoms with Crippen molar-refractivity contribution in [2.24, 2.45) is 0 Å². The summed E-state index contributed by atoms with van der Waals surface area (Å²) in [5.74, 6) is 1.32. The molecule has 154 valence electrons. The molecule has 7 nitrogen and oxygen atoms in total. The third kappa shape index (κ3) is 3.57. The first-order valence-electron chi connectivity index (χ1n) is 9.20. The molecule has 2 aromatic carbocycles. The maximum absolute atomic E-state index is 12.9.